The molecule has 0 fully saturated rings. The van der Waals surface area contributed by atoms with Gasteiger partial charge in [0.1, 0.15) is 12.7 Å². The summed E-state index contributed by atoms with van der Waals surface area (Å²) in [4.78, 5) is 39.5. The van der Waals surface area contributed by atoms with Crippen LogP contribution in [0.4, 0.5) is 18.0 Å². The molecule has 184 valence electrons. The van der Waals surface area contributed by atoms with Gasteiger partial charge in [0.25, 0.3) is 5.88 Å². The van der Waals surface area contributed by atoms with Crippen LogP contribution in [-0.2, 0) is 22.3 Å². The predicted octanol–water partition coefficient (Wildman–Crippen LogP) is 3.60. The molecular weight excluding hydrogens is 459 g/mol. The van der Waals surface area contributed by atoms with E-state index in [-0.39, 0.29) is 29.9 Å². The van der Waals surface area contributed by atoms with Crippen LogP contribution in [-0.4, -0.2) is 35.6 Å². The highest BCUT2D eigenvalue weighted by Crippen LogP contribution is 2.30. The fourth-order valence-electron chi connectivity index (χ4n) is 2.63. The lowest BCUT2D eigenvalue weighted by atomic mass is 10.1. The van der Waals surface area contributed by atoms with E-state index >= 15 is 0 Å². The second-order valence-corrected chi connectivity index (χ2v) is 7.00. The number of pyridine rings is 1. The standard InChI is InChI=1S/C22H24F3N3O6/c1-3-16(4-2)33-20(30)14-9-17(19(27-11-14)34-21(31)28-18(29)10-26)32-12-13-5-7-15(8-6-13)22(23,24)25/h5-9,11,16H,3-4,10,12,26H2,1-2H3,(H,28,29,31). The van der Waals surface area contributed by atoms with Crippen LogP contribution in [0.3, 0.4) is 0 Å². The summed E-state index contributed by atoms with van der Waals surface area (Å²) in [6.45, 7) is 3.03. The lowest BCUT2D eigenvalue weighted by molar-refractivity contribution is -0.137. The Morgan fingerprint density at radius 2 is 1.76 bits per heavy atom. The number of nitrogens with two attached hydrogens (primary N) is 1. The number of hydrogen-bond donors (Lipinski definition) is 2. The molecule has 0 spiro atoms. The molecule has 2 rings (SSSR count). The third-order valence-electron chi connectivity index (χ3n) is 4.53. The van der Waals surface area contributed by atoms with E-state index in [9.17, 15) is 27.6 Å². The van der Waals surface area contributed by atoms with Gasteiger partial charge in [0, 0.05) is 12.3 Å². The summed E-state index contributed by atoms with van der Waals surface area (Å²) in [7, 11) is 0. The number of hydrogen-bond acceptors (Lipinski definition) is 8. The van der Waals surface area contributed by atoms with E-state index in [0.717, 1.165) is 18.3 Å². The van der Waals surface area contributed by atoms with Crippen molar-refractivity contribution in [3.05, 3.63) is 53.2 Å². The second kappa shape index (κ2) is 12.0. The summed E-state index contributed by atoms with van der Waals surface area (Å²) < 4.78 is 54.2. The number of esters is 1. The molecule has 2 aromatic rings. The Hall–Kier alpha value is -3.67. The minimum Gasteiger partial charge on any atom is -0.483 e. The summed E-state index contributed by atoms with van der Waals surface area (Å²) in [5.74, 6) is -2.04. The maximum atomic E-state index is 12.8. The number of imide groups is 1. The number of rotatable bonds is 9. The number of carbonyl (C=O) groups is 3. The minimum absolute atomic E-state index is 0.000104. The molecule has 0 aliphatic rings. The molecule has 0 saturated heterocycles. The molecular formula is C22H24F3N3O6. The average molecular weight is 483 g/mol. The van der Waals surface area contributed by atoms with Crippen LogP contribution in [0.15, 0.2) is 36.5 Å². The Morgan fingerprint density at radius 1 is 1.12 bits per heavy atom. The smallest absolute Gasteiger partial charge is 0.420 e. The van der Waals surface area contributed by atoms with E-state index in [0.29, 0.717) is 18.4 Å². The zero-order valence-corrected chi connectivity index (χ0v) is 18.5. The van der Waals surface area contributed by atoms with Gasteiger partial charge in [-0.25, -0.2) is 14.6 Å². The normalized spacial score (nSPS) is 11.1. The molecule has 0 atom stereocenters. The molecule has 3 N–H and O–H groups in total. The third kappa shape index (κ3) is 7.73. The lowest BCUT2D eigenvalue weighted by Gasteiger charge is -2.15. The molecule has 0 bridgehead atoms. The number of carbonyl (C=O) groups excluding carboxylic acids is 3. The van der Waals surface area contributed by atoms with Crippen LogP contribution in [0.2, 0.25) is 0 Å². The van der Waals surface area contributed by atoms with Gasteiger partial charge >= 0.3 is 18.2 Å². The van der Waals surface area contributed by atoms with Gasteiger partial charge in [-0.1, -0.05) is 26.0 Å². The molecule has 9 nitrogen and oxygen atoms in total. The fourth-order valence-corrected chi connectivity index (χ4v) is 2.63. The van der Waals surface area contributed by atoms with Crippen LogP contribution in [0, 0.1) is 0 Å². The third-order valence-corrected chi connectivity index (χ3v) is 4.53. The zero-order chi connectivity index (χ0) is 25.3. The van der Waals surface area contributed by atoms with Crippen LogP contribution in [0.25, 0.3) is 0 Å². The fraction of sp³-hybridized carbons (Fsp3) is 0.364. The summed E-state index contributed by atoms with van der Waals surface area (Å²) in [6, 6.07) is 5.44. The molecule has 12 heteroatoms. The Kier molecular flexibility index (Phi) is 9.36. The number of nitrogens with zero attached hydrogens (tertiary/aromatic N) is 1. The highest BCUT2D eigenvalue weighted by molar-refractivity contribution is 5.93. The lowest BCUT2D eigenvalue weighted by Crippen LogP contribution is -2.37. The van der Waals surface area contributed by atoms with Gasteiger partial charge in [-0.05, 0) is 30.5 Å². The van der Waals surface area contributed by atoms with Crippen molar-refractivity contribution in [3.8, 4) is 11.6 Å². The first-order valence-electron chi connectivity index (χ1n) is 10.3. The molecule has 1 aromatic carbocycles. The number of amides is 2. The summed E-state index contributed by atoms with van der Waals surface area (Å²) in [5.41, 5.74) is 4.67. The number of halogens is 3. The summed E-state index contributed by atoms with van der Waals surface area (Å²) in [5, 5.41) is 1.86. The predicted molar refractivity (Wildman–Crippen MR) is 113 cm³/mol. The first kappa shape index (κ1) is 26.6. The van der Waals surface area contributed by atoms with Crippen molar-refractivity contribution in [2.45, 2.75) is 45.6 Å². The molecule has 0 saturated carbocycles. The molecule has 1 heterocycles. The van der Waals surface area contributed by atoms with Gasteiger partial charge in [-0.3, -0.25) is 10.1 Å². The van der Waals surface area contributed by atoms with Gasteiger partial charge < -0.3 is 19.9 Å². The van der Waals surface area contributed by atoms with E-state index in [4.69, 9.17) is 19.9 Å². The Labute approximate surface area is 193 Å². The van der Waals surface area contributed by atoms with Crippen LogP contribution < -0.4 is 20.5 Å². The Balaban J connectivity index is 2.25. The Bertz CT molecular complexity index is 1010. The summed E-state index contributed by atoms with van der Waals surface area (Å²) >= 11 is 0. The van der Waals surface area contributed by atoms with Gasteiger partial charge in [-0.15, -0.1) is 0 Å². The molecule has 0 radical (unpaired) electrons. The summed E-state index contributed by atoms with van der Waals surface area (Å²) in [6.07, 6.45) is -3.68. The van der Waals surface area contributed by atoms with Crippen molar-refractivity contribution in [1.29, 1.82) is 0 Å². The molecule has 2 amide bonds. The van der Waals surface area contributed by atoms with Crippen molar-refractivity contribution in [2.75, 3.05) is 6.54 Å². The zero-order valence-electron chi connectivity index (χ0n) is 18.5. The number of aromatic nitrogens is 1. The van der Waals surface area contributed by atoms with Crippen molar-refractivity contribution >= 4 is 18.0 Å². The number of ether oxygens (including phenoxy) is 3. The van der Waals surface area contributed by atoms with E-state index in [2.05, 4.69) is 4.98 Å². The van der Waals surface area contributed by atoms with Crippen molar-refractivity contribution in [1.82, 2.24) is 10.3 Å². The van der Waals surface area contributed by atoms with Crippen molar-refractivity contribution in [3.63, 3.8) is 0 Å². The first-order valence-corrected chi connectivity index (χ1v) is 10.3. The van der Waals surface area contributed by atoms with Gasteiger partial charge in [0.2, 0.25) is 5.91 Å². The van der Waals surface area contributed by atoms with E-state index in [1.54, 1.807) is 0 Å². The highest BCUT2D eigenvalue weighted by Gasteiger charge is 2.30. The van der Waals surface area contributed by atoms with Gasteiger partial charge in [0.15, 0.2) is 5.75 Å². The van der Waals surface area contributed by atoms with Crippen LogP contribution >= 0.6 is 0 Å². The van der Waals surface area contributed by atoms with Gasteiger partial charge in [0.05, 0.1) is 17.7 Å². The maximum absolute atomic E-state index is 12.8. The number of nitrogens with one attached hydrogen (secondary N) is 1. The van der Waals surface area contributed by atoms with E-state index in [1.165, 1.54) is 18.2 Å². The SMILES string of the molecule is CCC(CC)OC(=O)c1cnc(OC(=O)NC(=O)CN)c(OCc2ccc(C(F)(F)F)cc2)c1. The minimum atomic E-state index is -4.48. The van der Waals surface area contributed by atoms with Crippen LogP contribution in [0.1, 0.15) is 48.2 Å². The highest BCUT2D eigenvalue weighted by atomic mass is 19.4. The van der Waals surface area contributed by atoms with Crippen molar-refractivity contribution in [2.24, 2.45) is 5.73 Å². The molecule has 0 aliphatic heterocycles. The second-order valence-electron chi connectivity index (χ2n) is 7.00. The monoisotopic (exact) mass is 483 g/mol. The van der Waals surface area contributed by atoms with E-state index < -0.39 is 36.3 Å². The van der Waals surface area contributed by atoms with E-state index in [1.807, 2.05) is 19.2 Å². The van der Waals surface area contributed by atoms with Crippen molar-refractivity contribution < 1.29 is 41.8 Å². The maximum Gasteiger partial charge on any atom is 0.420 e. The molecule has 34 heavy (non-hydrogen) atoms. The topological polar surface area (TPSA) is 130 Å². The first-order chi connectivity index (χ1) is 16.1. The quantitative estimate of drug-likeness (QED) is 0.518. The average Bonchev–Trinajstić information content (AvgIpc) is 2.81. The number of benzene rings is 1. The Morgan fingerprint density at radius 3 is 2.32 bits per heavy atom. The molecule has 0 unspecified atom stereocenters. The molecule has 0 aliphatic carbocycles. The number of alkyl halides is 3. The van der Waals surface area contributed by atoms with Gasteiger partial charge in [-0.2, -0.15) is 13.2 Å². The largest absolute Gasteiger partial charge is 0.483 e. The molecule has 1 aromatic heterocycles. The van der Waals surface area contributed by atoms with Crippen LogP contribution in [0.5, 0.6) is 11.6 Å².